The van der Waals surface area contributed by atoms with Crippen LogP contribution in [-0.2, 0) is 0 Å². The normalized spacial score (nSPS) is 18.3. The molecule has 110 valence electrons. The van der Waals surface area contributed by atoms with Crippen LogP contribution in [0.1, 0.15) is 17.3 Å². The van der Waals surface area contributed by atoms with E-state index >= 15 is 0 Å². The minimum Gasteiger partial charge on any atom is -0.333 e. The van der Waals surface area contributed by atoms with Gasteiger partial charge in [0, 0.05) is 37.3 Å². The van der Waals surface area contributed by atoms with Crippen molar-refractivity contribution >= 4 is 24.0 Å². The Morgan fingerprint density at radius 2 is 2.20 bits per heavy atom. The van der Waals surface area contributed by atoms with Gasteiger partial charge in [0.05, 0.1) is 11.0 Å². The van der Waals surface area contributed by atoms with Gasteiger partial charge in [-0.25, -0.2) is 4.39 Å². The molecule has 6 nitrogen and oxygen atoms in total. The van der Waals surface area contributed by atoms with Crippen LogP contribution < -0.4 is 5.32 Å². The first-order valence-corrected chi connectivity index (χ1v) is 5.95. The van der Waals surface area contributed by atoms with Crippen LogP contribution in [-0.4, -0.2) is 41.4 Å². The van der Waals surface area contributed by atoms with Gasteiger partial charge in [-0.05, 0) is 13.0 Å². The molecule has 0 aromatic heterocycles. The third-order valence-electron chi connectivity index (χ3n) is 3.10. The number of nitrogens with one attached hydrogen (secondary N) is 1. The van der Waals surface area contributed by atoms with Crippen molar-refractivity contribution in [2.75, 3.05) is 19.6 Å². The summed E-state index contributed by atoms with van der Waals surface area (Å²) in [7, 11) is 0. The van der Waals surface area contributed by atoms with Crippen LogP contribution in [0.3, 0.4) is 0 Å². The molecular weight excluding hydrogens is 289 g/mol. The summed E-state index contributed by atoms with van der Waals surface area (Å²) in [5, 5.41) is 13.8. The summed E-state index contributed by atoms with van der Waals surface area (Å²) in [6, 6.07) is 2.92. The molecule has 1 atom stereocenters. The van der Waals surface area contributed by atoms with Gasteiger partial charge >= 0.3 is 0 Å². The van der Waals surface area contributed by atoms with Crippen molar-refractivity contribution in [1.29, 1.82) is 0 Å². The number of amides is 1. The number of non-ortho nitro benzene ring substituents is 1. The van der Waals surface area contributed by atoms with Crippen LogP contribution in [0, 0.1) is 15.9 Å². The third kappa shape index (κ3) is 3.43. The number of piperazine rings is 1. The van der Waals surface area contributed by atoms with Crippen LogP contribution in [0.2, 0.25) is 0 Å². The van der Waals surface area contributed by atoms with Crippen LogP contribution in [0.15, 0.2) is 18.2 Å². The zero-order valence-electron chi connectivity index (χ0n) is 10.8. The Kier molecular flexibility index (Phi) is 5.41. The molecule has 1 aliphatic heterocycles. The molecule has 1 aromatic carbocycles. The van der Waals surface area contributed by atoms with E-state index in [2.05, 4.69) is 5.32 Å². The number of nitro groups is 1. The zero-order chi connectivity index (χ0) is 14.0. The Hall–Kier alpha value is -1.73. The number of carbonyl (C=O) groups excluding carboxylic acids is 1. The molecule has 1 saturated heterocycles. The average molecular weight is 304 g/mol. The molecule has 1 fully saturated rings. The van der Waals surface area contributed by atoms with Gasteiger partial charge in [0.25, 0.3) is 11.6 Å². The van der Waals surface area contributed by atoms with Gasteiger partial charge in [-0.15, -0.1) is 12.4 Å². The van der Waals surface area contributed by atoms with Crippen LogP contribution in [0.5, 0.6) is 0 Å². The molecule has 20 heavy (non-hydrogen) atoms. The van der Waals surface area contributed by atoms with Crippen LogP contribution in [0.4, 0.5) is 10.1 Å². The maximum absolute atomic E-state index is 13.3. The van der Waals surface area contributed by atoms with E-state index in [0.29, 0.717) is 19.6 Å². The summed E-state index contributed by atoms with van der Waals surface area (Å²) in [6.45, 7) is 3.69. The van der Waals surface area contributed by atoms with Gasteiger partial charge in [0.1, 0.15) is 5.82 Å². The molecule has 1 N–H and O–H groups in total. The van der Waals surface area contributed by atoms with Gasteiger partial charge in [-0.2, -0.15) is 0 Å². The van der Waals surface area contributed by atoms with Crippen molar-refractivity contribution in [2.45, 2.75) is 13.0 Å². The number of hydrogen-bond acceptors (Lipinski definition) is 4. The Bertz CT molecular complexity index is 527. The lowest BCUT2D eigenvalue weighted by molar-refractivity contribution is -0.385. The molecule has 2 rings (SSSR count). The Balaban J connectivity index is 0.00000200. The molecule has 1 heterocycles. The highest BCUT2D eigenvalue weighted by atomic mass is 35.5. The third-order valence-corrected chi connectivity index (χ3v) is 3.10. The SMILES string of the molecule is CC1CNCCN1C(=O)c1cc(F)cc([N+](=O)[O-])c1.Cl. The number of hydrogen-bond donors (Lipinski definition) is 1. The molecular formula is C12H15ClFN3O3. The van der Waals surface area contributed by atoms with E-state index in [-0.39, 0.29) is 29.9 Å². The molecule has 0 saturated carbocycles. The minimum absolute atomic E-state index is 0. The maximum atomic E-state index is 13.3. The van der Waals surface area contributed by atoms with Gasteiger partial charge in [0.2, 0.25) is 0 Å². The summed E-state index contributed by atoms with van der Waals surface area (Å²) < 4.78 is 13.3. The predicted octanol–water partition coefficient (Wildman–Crippen LogP) is 1.59. The number of nitro benzene ring substituents is 1. The van der Waals surface area contributed by atoms with E-state index in [1.54, 1.807) is 4.90 Å². The van der Waals surface area contributed by atoms with Crippen molar-refractivity contribution in [1.82, 2.24) is 10.2 Å². The van der Waals surface area contributed by atoms with E-state index in [9.17, 15) is 19.3 Å². The molecule has 0 radical (unpaired) electrons. The topological polar surface area (TPSA) is 75.5 Å². The first kappa shape index (κ1) is 16.3. The molecule has 0 aliphatic carbocycles. The van der Waals surface area contributed by atoms with Gasteiger partial charge in [-0.3, -0.25) is 14.9 Å². The molecule has 1 amide bonds. The summed E-state index contributed by atoms with van der Waals surface area (Å²) >= 11 is 0. The summed E-state index contributed by atoms with van der Waals surface area (Å²) in [6.07, 6.45) is 0. The number of halogens is 2. The standard InChI is InChI=1S/C12H14FN3O3.ClH/c1-8-7-14-2-3-15(8)12(17)9-4-10(13)6-11(5-9)16(18)19;/h4-6,8,14H,2-3,7H2,1H3;1H. The largest absolute Gasteiger partial charge is 0.333 e. The van der Waals surface area contributed by atoms with E-state index < -0.39 is 16.4 Å². The van der Waals surface area contributed by atoms with E-state index in [1.807, 2.05) is 6.92 Å². The number of benzene rings is 1. The Morgan fingerprint density at radius 3 is 2.80 bits per heavy atom. The van der Waals surface area contributed by atoms with Crippen LogP contribution >= 0.6 is 12.4 Å². The van der Waals surface area contributed by atoms with E-state index in [4.69, 9.17) is 0 Å². The fourth-order valence-electron chi connectivity index (χ4n) is 2.11. The minimum atomic E-state index is -0.777. The second kappa shape index (κ2) is 6.62. The van der Waals surface area contributed by atoms with E-state index in [1.165, 1.54) is 0 Å². The molecule has 1 aromatic rings. The monoisotopic (exact) mass is 303 g/mol. The summed E-state index contributed by atoms with van der Waals surface area (Å²) in [5.74, 6) is -1.16. The molecule has 0 spiro atoms. The quantitative estimate of drug-likeness (QED) is 0.665. The van der Waals surface area contributed by atoms with Gasteiger partial charge < -0.3 is 10.2 Å². The lowest BCUT2D eigenvalue weighted by Crippen LogP contribution is -2.52. The highest BCUT2D eigenvalue weighted by molar-refractivity contribution is 5.95. The lowest BCUT2D eigenvalue weighted by Gasteiger charge is -2.34. The molecule has 8 heteroatoms. The van der Waals surface area contributed by atoms with E-state index in [0.717, 1.165) is 18.2 Å². The average Bonchev–Trinajstić information content (AvgIpc) is 2.37. The smallest absolute Gasteiger partial charge is 0.273 e. The Labute approximate surface area is 121 Å². The molecule has 1 unspecified atom stereocenters. The lowest BCUT2D eigenvalue weighted by atomic mass is 10.1. The predicted molar refractivity (Wildman–Crippen MR) is 73.7 cm³/mol. The van der Waals surface area contributed by atoms with Crippen molar-refractivity contribution in [3.63, 3.8) is 0 Å². The number of nitrogens with zero attached hydrogens (tertiary/aromatic N) is 2. The zero-order valence-corrected chi connectivity index (χ0v) is 11.7. The molecule has 0 bridgehead atoms. The second-order valence-electron chi connectivity index (χ2n) is 4.51. The first-order chi connectivity index (χ1) is 8.99. The fraction of sp³-hybridized carbons (Fsp3) is 0.417. The molecule has 1 aliphatic rings. The number of carbonyl (C=O) groups is 1. The van der Waals surface area contributed by atoms with Crippen LogP contribution in [0.25, 0.3) is 0 Å². The van der Waals surface area contributed by atoms with Crippen molar-refractivity contribution < 1.29 is 14.1 Å². The maximum Gasteiger partial charge on any atom is 0.273 e. The summed E-state index contributed by atoms with van der Waals surface area (Å²) in [4.78, 5) is 23.8. The van der Waals surface area contributed by atoms with Crippen molar-refractivity contribution in [3.05, 3.63) is 39.7 Å². The van der Waals surface area contributed by atoms with Crippen molar-refractivity contribution in [2.24, 2.45) is 0 Å². The van der Waals surface area contributed by atoms with Gasteiger partial charge in [0.15, 0.2) is 0 Å². The fourth-order valence-corrected chi connectivity index (χ4v) is 2.11. The highest BCUT2D eigenvalue weighted by Crippen LogP contribution is 2.19. The van der Waals surface area contributed by atoms with Gasteiger partial charge in [-0.1, -0.05) is 0 Å². The Morgan fingerprint density at radius 1 is 1.50 bits per heavy atom. The highest BCUT2D eigenvalue weighted by Gasteiger charge is 2.25. The first-order valence-electron chi connectivity index (χ1n) is 5.95. The number of rotatable bonds is 2. The summed E-state index contributed by atoms with van der Waals surface area (Å²) in [5.41, 5.74) is -0.397. The van der Waals surface area contributed by atoms with Crippen molar-refractivity contribution in [3.8, 4) is 0 Å². The second-order valence-corrected chi connectivity index (χ2v) is 4.51.